The Balaban J connectivity index is 1.39. The van der Waals surface area contributed by atoms with E-state index in [-0.39, 0.29) is 5.91 Å². The zero-order valence-electron chi connectivity index (χ0n) is 14.8. The van der Waals surface area contributed by atoms with Gasteiger partial charge >= 0.3 is 0 Å². The molecule has 1 fully saturated rings. The lowest BCUT2D eigenvalue weighted by Gasteiger charge is -2.35. The van der Waals surface area contributed by atoms with Crippen LogP contribution in [0.15, 0.2) is 51.6 Å². The summed E-state index contributed by atoms with van der Waals surface area (Å²) in [6.45, 7) is 4.59. The van der Waals surface area contributed by atoms with Gasteiger partial charge in [-0.25, -0.2) is 4.98 Å². The topological polar surface area (TPSA) is 75.4 Å². The van der Waals surface area contributed by atoms with Gasteiger partial charge in [0.1, 0.15) is 5.82 Å². The minimum Gasteiger partial charge on any atom is -0.353 e. The van der Waals surface area contributed by atoms with Gasteiger partial charge in [-0.15, -0.1) is 0 Å². The van der Waals surface area contributed by atoms with Crippen molar-refractivity contribution in [1.82, 2.24) is 20.0 Å². The summed E-state index contributed by atoms with van der Waals surface area (Å²) in [6.07, 6.45) is 1.75. The molecule has 1 amide bonds. The fourth-order valence-corrected chi connectivity index (χ4v) is 3.30. The molecule has 3 heterocycles. The number of pyridine rings is 1. The fourth-order valence-electron chi connectivity index (χ4n) is 3.04. The number of rotatable bonds is 3. The Morgan fingerprint density at radius 3 is 2.41 bits per heavy atom. The number of carbonyl (C=O) groups is 1. The van der Waals surface area contributed by atoms with Crippen LogP contribution in [0.2, 0.25) is 0 Å². The fraction of sp³-hybridized carbons (Fsp3) is 0.263. The maximum absolute atomic E-state index is 12.6. The summed E-state index contributed by atoms with van der Waals surface area (Å²) in [4.78, 5) is 25.4. The average molecular weight is 428 g/mol. The Labute approximate surface area is 165 Å². The van der Waals surface area contributed by atoms with E-state index < -0.39 is 0 Å². The summed E-state index contributed by atoms with van der Waals surface area (Å²) in [5, 5.41) is 3.90. The van der Waals surface area contributed by atoms with Crippen LogP contribution in [0, 0.1) is 6.92 Å². The van der Waals surface area contributed by atoms with E-state index in [2.05, 4.69) is 36.0 Å². The summed E-state index contributed by atoms with van der Waals surface area (Å²) in [5.74, 6) is 2.02. The van der Waals surface area contributed by atoms with Gasteiger partial charge in [-0.3, -0.25) is 4.79 Å². The summed E-state index contributed by atoms with van der Waals surface area (Å²) in [5.41, 5.74) is 1.53. The minimum atomic E-state index is 0.0675. The van der Waals surface area contributed by atoms with Crippen molar-refractivity contribution in [2.75, 3.05) is 31.1 Å². The molecule has 1 aliphatic heterocycles. The third kappa shape index (κ3) is 3.85. The number of hydrogen-bond acceptors (Lipinski definition) is 6. The van der Waals surface area contributed by atoms with Crippen molar-refractivity contribution in [2.45, 2.75) is 6.92 Å². The number of carbonyl (C=O) groups excluding carboxylic acids is 1. The highest BCUT2D eigenvalue weighted by Gasteiger charge is 2.23. The number of piperazine rings is 1. The molecule has 0 spiro atoms. The highest BCUT2D eigenvalue weighted by molar-refractivity contribution is 9.10. The zero-order valence-corrected chi connectivity index (χ0v) is 16.4. The quantitative estimate of drug-likeness (QED) is 0.638. The van der Waals surface area contributed by atoms with Gasteiger partial charge in [-0.2, -0.15) is 4.98 Å². The highest BCUT2D eigenvalue weighted by atomic mass is 79.9. The van der Waals surface area contributed by atoms with Crippen LogP contribution in [0.4, 0.5) is 5.82 Å². The molecule has 0 aliphatic carbocycles. The number of aromatic nitrogens is 3. The van der Waals surface area contributed by atoms with Crippen molar-refractivity contribution in [1.29, 1.82) is 0 Å². The van der Waals surface area contributed by atoms with E-state index in [9.17, 15) is 4.79 Å². The molecule has 1 aromatic carbocycles. The molecule has 27 heavy (non-hydrogen) atoms. The largest absolute Gasteiger partial charge is 0.353 e. The van der Waals surface area contributed by atoms with Crippen molar-refractivity contribution in [2.24, 2.45) is 0 Å². The minimum absolute atomic E-state index is 0.0675. The van der Waals surface area contributed by atoms with Gasteiger partial charge in [0.25, 0.3) is 5.91 Å². The molecule has 0 atom stereocenters. The van der Waals surface area contributed by atoms with Crippen molar-refractivity contribution in [3.05, 3.63) is 58.5 Å². The monoisotopic (exact) mass is 427 g/mol. The Kier molecular flexibility index (Phi) is 4.89. The second-order valence-electron chi connectivity index (χ2n) is 6.33. The third-order valence-electron chi connectivity index (χ3n) is 4.52. The van der Waals surface area contributed by atoms with Gasteiger partial charge in [0.15, 0.2) is 0 Å². The molecule has 138 valence electrons. The molecular weight excluding hydrogens is 410 g/mol. The van der Waals surface area contributed by atoms with Crippen LogP contribution in [-0.4, -0.2) is 52.1 Å². The molecule has 1 aliphatic rings. The predicted molar refractivity (Wildman–Crippen MR) is 105 cm³/mol. The lowest BCUT2D eigenvalue weighted by molar-refractivity contribution is 0.0746. The maximum atomic E-state index is 12.6. The summed E-state index contributed by atoms with van der Waals surface area (Å²) in [6, 6.07) is 11.4. The molecule has 0 N–H and O–H groups in total. The molecule has 1 saturated heterocycles. The molecule has 2 aromatic heterocycles. The van der Waals surface area contributed by atoms with Gasteiger partial charge in [0, 0.05) is 54.9 Å². The third-order valence-corrected chi connectivity index (χ3v) is 5.04. The first-order chi connectivity index (χ1) is 13.1. The molecule has 0 unspecified atom stereocenters. The SMILES string of the molecule is Cc1nc(-c2ccc(N3CCN(C(=O)c4ccc(Br)cc4)CC3)nc2)no1. The van der Waals surface area contributed by atoms with Crippen molar-refractivity contribution in [3.63, 3.8) is 0 Å². The van der Waals surface area contributed by atoms with Crippen molar-refractivity contribution in [3.8, 4) is 11.4 Å². The van der Waals surface area contributed by atoms with E-state index in [4.69, 9.17) is 4.52 Å². The number of aryl methyl sites for hydroxylation is 1. The van der Waals surface area contributed by atoms with Crippen LogP contribution < -0.4 is 4.90 Å². The first-order valence-electron chi connectivity index (χ1n) is 8.67. The summed E-state index contributed by atoms with van der Waals surface area (Å²) >= 11 is 3.39. The number of nitrogens with zero attached hydrogens (tertiary/aromatic N) is 5. The Hall–Kier alpha value is -2.74. The Morgan fingerprint density at radius 2 is 1.81 bits per heavy atom. The van der Waals surface area contributed by atoms with Gasteiger partial charge in [-0.1, -0.05) is 21.1 Å². The van der Waals surface area contributed by atoms with Gasteiger partial charge in [0.05, 0.1) is 0 Å². The molecule has 0 bridgehead atoms. The average Bonchev–Trinajstić information content (AvgIpc) is 3.15. The summed E-state index contributed by atoms with van der Waals surface area (Å²) in [7, 11) is 0. The van der Waals surface area contributed by atoms with E-state index >= 15 is 0 Å². The Morgan fingerprint density at radius 1 is 1.07 bits per heavy atom. The second kappa shape index (κ2) is 7.48. The van der Waals surface area contributed by atoms with E-state index in [1.54, 1.807) is 13.1 Å². The van der Waals surface area contributed by atoms with Crippen molar-refractivity contribution >= 4 is 27.7 Å². The maximum Gasteiger partial charge on any atom is 0.253 e. The standard InChI is InChI=1S/C19H18BrN5O2/c1-13-22-18(23-27-13)15-4-7-17(21-12-15)24-8-10-25(11-9-24)19(26)14-2-5-16(20)6-3-14/h2-7,12H,8-11H2,1H3. The molecule has 0 saturated carbocycles. The smallest absolute Gasteiger partial charge is 0.253 e. The van der Waals surface area contributed by atoms with Gasteiger partial charge < -0.3 is 14.3 Å². The molecular formula is C19H18BrN5O2. The van der Waals surface area contributed by atoms with E-state index in [0.29, 0.717) is 30.4 Å². The number of hydrogen-bond donors (Lipinski definition) is 0. The normalized spacial score (nSPS) is 14.4. The molecule has 4 rings (SSSR count). The van der Waals surface area contributed by atoms with Gasteiger partial charge in [-0.05, 0) is 36.4 Å². The lowest BCUT2D eigenvalue weighted by atomic mass is 10.2. The van der Waals surface area contributed by atoms with Crippen LogP contribution in [0.5, 0.6) is 0 Å². The zero-order chi connectivity index (χ0) is 18.8. The first kappa shape index (κ1) is 17.7. The van der Waals surface area contributed by atoms with Crippen LogP contribution in [-0.2, 0) is 0 Å². The predicted octanol–water partition coefficient (Wildman–Crippen LogP) is 3.16. The number of benzene rings is 1. The van der Waals surface area contributed by atoms with Crippen LogP contribution in [0.1, 0.15) is 16.2 Å². The molecule has 3 aromatic rings. The van der Waals surface area contributed by atoms with Crippen LogP contribution in [0.25, 0.3) is 11.4 Å². The molecule has 8 heteroatoms. The highest BCUT2D eigenvalue weighted by Crippen LogP contribution is 2.20. The Bertz CT molecular complexity index is 931. The lowest BCUT2D eigenvalue weighted by Crippen LogP contribution is -2.49. The van der Waals surface area contributed by atoms with Crippen molar-refractivity contribution < 1.29 is 9.32 Å². The van der Waals surface area contributed by atoms with E-state index in [0.717, 1.165) is 28.9 Å². The van der Waals surface area contributed by atoms with Crippen LogP contribution >= 0.6 is 15.9 Å². The first-order valence-corrected chi connectivity index (χ1v) is 9.46. The number of halogens is 1. The second-order valence-corrected chi connectivity index (χ2v) is 7.24. The number of anilines is 1. The van der Waals surface area contributed by atoms with E-state index in [1.807, 2.05) is 41.3 Å². The van der Waals surface area contributed by atoms with Crippen LogP contribution in [0.3, 0.4) is 0 Å². The van der Waals surface area contributed by atoms with E-state index in [1.165, 1.54) is 0 Å². The van der Waals surface area contributed by atoms with Gasteiger partial charge in [0.2, 0.25) is 11.7 Å². The molecule has 0 radical (unpaired) electrons. The summed E-state index contributed by atoms with van der Waals surface area (Å²) < 4.78 is 5.97. The molecule has 7 nitrogen and oxygen atoms in total. The number of amides is 1.